The van der Waals surface area contributed by atoms with Crippen LogP contribution in [0.2, 0.25) is 0 Å². The van der Waals surface area contributed by atoms with Gasteiger partial charge in [-0.25, -0.2) is 9.50 Å². The number of hydrogen-bond donors (Lipinski definition) is 0. The first-order valence-electron chi connectivity index (χ1n) is 7.24. The molecule has 0 atom stereocenters. The summed E-state index contributed by atoms with van der Waals surface area (Å²) in [6.45, 7) is 0. The highest BCUT2D eigenvalue weighted by Crippen LogP contribution is 2.26. The molecule has 4 rings (SSSR count). The van der Waals surface area contributed by atoms with Crippen LogP contribution in [0.1, 0.15) is 0 Å². The Hall–Kier alpha value is -3.21. The molecule has 0 N–H and O–H groups in total. The molecule has 23 heavy (non-hydrogen) atoms. The summed E-state index contributed by atoms with van der Waals surface area (Å²) in [7, 11) is 1.66. The van der Waals surface area contributed by atoms with Gasteiger partial charge >= 0.3 is 0 Å². The van der Waals surface area contributed by atoms with Crippen LogP contribution < -0.4 is 4.74 Å². The summed E-state index contributed by atoms with van der Waals surface area (Å²) in [6, 6.07) is 13.7. The van der Waals surface area contributed by atoms with Crippen molar-refractivity contribution in [2.75, 3.05) is 7.11 Å². The summed E-state index contributed by atoms with van der Waals surface area (Å²) in [4.78, 5) is 8.93. The number of rotatable bonds is 3. The Morgan fingerprint density at radius 3 is 2.74 bits per heavy atom. The molecule has 1 aromatic carbocycles. The van der Waals surface area contributed by atoms with E-state index >= 15 is 0 Å². The van der Waals surface area contributed by atoms with Crippen LogP contribution in [-0.2, 0) is 0 Å². The molecular formula is C18H14N4O. The van der Waals surface area contributed by atoms with Crippen LogP contribution in [0.5, 0.6) is 5.75 Å². The molecule has 0 aliphatic rings. The fourth-order valence-electron chi connectivity index (χ4n) is 2.53. The van der Waals surface area contributed by atoms with E-state index in [4.69, 9.17) is 4.74 Å². The molecule has 4 aromatic rings. The van der Waals surface area contributed by atoms with Crippen LogP contribution in [0.15, 0.2) is 67.3 Å². The van der Waals surface area contributed by atoms with Gasteiger partial charge in [-0.2, -0.15) is 5.10 Å². The third kappa shape index (κ3) is 2.42. The zero-order valence-corrected chi connectivity index (χ0v) is 12.5. The molecule has 0 aliphatic heterocycles. The van der Waals surface area contributed by atoms with Gasteiger partial charge in [0.05, 0.1) is 24.6 Å². The van der Waals surface area contributed by atoms with Crippen molar-refractivity contribution in [3.63, 3.8) is 0 Å². The van der Waals surface area contributed by atoms with E-state index in [1.807, 2.05) is 54.9 Å². The molecular weight excluding hydrogens is 288 g/mol. The van der Waals surface area contributed by atoms with E-state index in [0.717, 1.165) is 33.8 Å². The number of hydrogen-bond acceptors (Lipinski definition) is 4. The van der Waals surface area contributed by atoms with E-state index in [-0.39, 0.29) is 0 Å². The molecule has 3 aromatic heterocycles. The average Bonchev–Trinajstić information content (AvgIpc) is 3.05. The van der Waals surface area contributed by atoms with Crippen molar-refractivity contribution in [3.05, 3.63) is 67.3 Å². The van der Waals surface area contributed by atoms with Crippen molar-refractivity contribution in [3.8, 4) is 28.1 Å². The Morgan fingerprint density at radius 1 is 0.957 bits per heavy atom. The minimum atomic E-state index is 0.787. The van der Waals surface area contributed by atoms with Gasteiger partial charge in [-0.05, 0) is 29.8 Å². The van der Waals surface area contributed by atoms with Crippen molar-refractivity contribution < 1.29 is 4.74 Å². The fraction of sp³-hybridized carbons (Fsp3) is 0.0556. The molecule has 0 bridgehead atoms. The maximum Gasteiger partial charge on any atom is 0.164 e. The van der Waals surface area contributed by atoms with Crippen molar-refractivity contribution >= 4 is 5.65 Å². The molecule has 5 heteroatoms. The Kier molecular flexibility index (Phi) is 3.24. The smallest absolute Gasteiger partial charge is 0.164 e. The molecule has 3 heterocycles. The molecule has 0 saturated carbocycles. The maximum atomic E-state index is 5.27. The predicted molar refractivity (Wildman–Crippen MR) is 88.2 cm³/mol. The number of ether oxygens (including phenoxy) is 1. The second-order valence-electron chi connectivity index (χ2n) is 5.12. The van der Waals surface area contributed by atoms with Crippen molar-refractivity contribution in [1.29, 1.82) is 0 Å². The highest BCUT2D eigenvalue weighted by Gasteiger charge is 2.10. The van der Waals surface area contributed by atoms with Crippen LogP contribution in [0.4, 0.5) is 0 Å². The Balaban J connectivity index is 1.81. The van der Waals surface area contributed by atoms with Crippen LogP contribution >= 0.6 is 0 Å². The first kappa shape index (κ1) is 13.5. The first-order chi connectivity index (χ1) is 11.3. The topological polar surface area (TPSA) is 52.3 Å². The largest absolute Gasteiger partial charge is 0.497 e. The SMILES string of the molecule is COc1cccc(-c2cnc3c(-c4ccccn4)cnn3c2)c1. The number of fused-ring (bicyclic) bond motifs is 1. The fourth-order valence-corrected chi connectivity index (χ4v) is 2.53. The van der Waals surface area contributed by atoms with Gasteiger partial charge in [0.15, 0.2) is 5.65 Å². The molecule has 112 valence electrons. The number of pyridine rings is 1. The van der Waals surface area contributed by atoms with E-state index in [9.17, 15) is 0 Å². The lowest BCUT2D eigenvalue weighted by molar-refractivity contribution is 0.415. The van der Waals surface area contributed by atoms with Crippen LogP contribution in [0.25, 0.3) is 28.0 Å². The van der Waals surface area contributed by atoms with Gasteiger partial charge in [0.2, 0.25) is 0 Å². The molecule has 0 fully saturated rings. The van der Waals surface area contributed by atoms with Gasteiger partial charge in [-0.1, -0.05) is 18.2 Å². The summed E-state index contributed by atoms with van der Waals surface area (Å²) >= 11 is 0. The summed E-state index contributed by atoms with van der Waals surface area (Å²) in [6.07, 6.45) is 7.37. The highest BCUT2D eigenvalue weighted by atomic mass is 16.5. The number of aromatic nitrogens is 4. The minimum Gasteiger partial charge on any atom is -0.497 e. The third-order valence-corrected chi connectivity index (χ3v) is 3.70. The average molecular weight is 302 g/mol. The van der Waals surface area contributed by atoms with Gasteiger partial charge in [-0.3, -0.25) is 4.98 Å². The molecule has 0 saturated heterocycles. The van der Waals surface area contributed by atoms with Crippen molar-refractivity contribution in [1.82, 2.24) is 19.6 Å². The lowest BCUT2D eigenvalue weighted by Gasteiger charge is -2.05. The van der Waals surface area contributed by atoms with Gasteiger partial charge in [0, 0.05) is 24.2 Å². The van der Waals surface area contributed by atoms with Gasteiger partial charge in [0.25, 0.3) is 0 Å². The van der Waals surface area contributed by atoms with E-state index in [1.165, 1.54) is 0 Å². The summed E-state index contributed by atoms with van der Waals surface area (Å²) in [5, 5.41) is 4.41. The standard InChI is InChI=1S/C18H14N4O/c1-23-15-6-4-5-13(9-15)14-10-20-18-16(11-21-22(18)12-14)17-7-2-3-8-19-17/h2-12H,1H3. The molecule has 0 spiro atoms. The van der Waals surface area contributed by atoms with E-state index in [1.54, 1.807) is 24.0 Å². The third-order valence-electron chi connectivity index (χ3n) is 3.70. The lowest BCUT2D eigenvalue weighted by atomic mass is 10.1. The summed E-state index contributed by atoms with van der Waals surface area (Å²) < 4.78 is 7.05. The second kappa shape index (κ2) is 5.53. The highest BCUT2D eigenvalue weighted by molar-refractivity contribution is 5.75. The van der Waals surface area contributed by atoms with E-state index < -0.39 is 0 Å². The van der Waals surface area contributed by atoms with Crippen LogP contribution in [0, 0.1) is 0 Å². The van der Waals surface area contributed by atoms with Gasteiger partial charge < -0.3 is 4.74 Å². The molecule has 0 unspecified atom stereocenters. The Bertz CT molecular complexity index is 963. The number of methoxy groups -OCH3 is 1. The Morgan fingerprint density at radius 2 is 1.91 bits per heavy atom. The van der Waals surface area contributed by atoms with E-state index in [2.05, 4.69) is 15.1 Å². The zero-order valence-electron chi connectivity index (χ0n) is 12.5. The summed E-state index contributed by atoms with van der Waals surface area (Å²) in [5.41, 5.74) is 4.59. The van der Waals surface area contributed by atoms with Gasteiger partial charge in [-0.15, -0.1) is 0 Å². The van der Waals surface area contributed by atoms with Crippen molar-refractivity contribution in [2.24, 2.45) is 0 Å². The quantitative estimate of drug-likeness (QED) is 0.581. The molecule has 0 radical (unpaired) electrons. The summed E-state index contributed by atoms with van der Waals surface area (Å²) in [5.74, 6) is 0.817. The second-order valence-corrected chi connectivity index (χ2v) is 5.12. The number of nitrogens with zero attached hydrogens (tertiary/aromatic N) is 4. The van der Waals surface area contributed by atoms with E-state index in [0.29, 0.717) is 0 Å². The maximum absolute atomic E-state index is 5.27. The van der Waals surface area contributed by atoms with Gasteiger partial charge in [0.1, 0.15) is 5.75 Å². The monoisotopic (exact) mass is 302 g/mol. The lowest BCUT2D eigenvalue weighted by Crippen LogP contribution is -1.93. The van der Waals surface area contributed by atoms with Crippen molar-refractivity contribution in [2.45, 2.75) is 0 Å². The molecule has 0 amide bonds. The number of benzene rings is 1. The normalized spacial score (nSPS) is 10.8. The minimum absolute atomic E-state index is 0.787. The van der Waals surface area contributed by atoms with Crippen LogP contribution in [0.3, 0.4) is 0 Å². The first-order valence-corrected chi connectivity index (χ1v) is 7.24. The van der Waals surface area contributed by atoms with Crippen LogP contribution in [-0.4, -0.2) is 26.7 Å². The Labute approximate surface area is 133 Å². The molecule has 5 nitrogen and oxygen atoms in total. The molecule has 0 aliphatic carbocycles. The zero-order chi connectivity index (χ0) is 15.6. The predicted octanol–water partition coefficient (Wildman–Crippen LogP) is 3.47.